The number of rotatable bonds is 5. The van der Waals surface area contributed by atoms with Crippen LogP contribution in [0.15, 0.2) is 47.6 Å². The molecule has 0 aliphatic heterocycles. The Labute approximate surface area is 129 Å². The molecular weight excluding hydrogens is 280 g/mol. The van der Waals surface area contributed by atoms with Gasteiger partial charge in [-0.3, -0.25) is 4.79 Å². The maximum absolute atomic E-state index is 11.7. The quantitative estimate of drug-likeness (QED) is 0.658. The predicted octanol–water partition coefficient (Wildman–Crippen LogP) is 2.54. The number of phenolic OH excluding ortho intramolecular Hbond substituents is 1. The van der Waals surface area contributed by atoms with E-state index < -0.39 is 0 Å². The molecule has 0 aliphatic rings. The number of nitrogens with one attached hydrogen (secondary N) is 1. The molecule has 0 unspecified atom stereocenters. The molecule has 2 aromatic carbocycles. The van der Waals surface area contributed by atoms with Crippen molar-refractivity contribution in [1.29, 1.82) is 0 Å². The van der Waals surface area contributed by atoms with E-state index in [-0.39, 0.29) is 18.3 Å². The average molecular weight is 298 g/mol. The molecule has 114 valence electrons. The molecule has 0 radical (unpaired) electrons. The van der Waals surface area contributed by atoms with Crippen LogP contribution in [0.2, 0.25) is 0 Å². The lowest BCUT2D eigenvalue weighted by atomic mass is 10.1. The first kappa shape index (κ1) is 15.6. The summed E-state index contributed by atoms with van der Waals surface area (Å²) >= 11 is 0. The van der Waals surface area contributed by atoms with E-state index >= 15 is 0 Å². The number of aryl methyl sites for hydroxylation is 2. The Kier molecular flexibility index (Phi) is 5.14. The summed E-state index contributed by atoms with van der Waals surface area (Å²) in [7, 11) is 0. The van der Waals surface area contributed by atoms with Crippen molar-refractivity contribution in [2.24, 2.45) is 5.10 Å². The number of nitrogens with zero attached hydrogens (tertiary/aromatic N) is 1. The van der Waals surface area contributed by atoms with Crippen LogP contribution < -0.4 is 10.2 Å². The van der Waals surface area contributed by atoms with Crippen molar-refractivity contribution < 1.29 is 14.6 Å². The first-order valence-electron chi connectivity index (χ1n) is 6.85. The van der Waals surface area contributed by atoms with Crippen molar-refractivity contribution in [3.8, 4) is 11.5 Å². The minimum atomic E-state index is -0.351. The average Bonchev–Trinajstić information content (AvgIpc) is 2.46. The van der Waals surface area contributed by atoms with E-state index in [1.807, 2.05) is 32.0 Å². The van der Waals surface area contributed by atoms with E-state index in [4.69, 9.17) is 4.74 Å². The Morgan fingerprint density at radius 3 is 2.82 bits per heavy atom. The largest absolute Gasteiger partial charge is 0.508 e. The summed E-state index contributed by atoms with van der Waals surface area (Å²) in [4.78, 5) is 11.7. The van der Waals surface area contributed by atoms with Gasteiger partial charge in [-0.15, -0.1) is 0 Å². The van der Waals surface area contributed by atoms with Crippen LogP contribution in [0.4, 0.5) is 0 Å². The topological polar surface area (TPSA) is 70.9 Å². The molecule has 1 amide bonds. The molecular formula is C17H18N2O3. The third-order valence-electron chi connectivity index (χ3n) is 2.96. The molecule has 0 bridgehead atoms. The van der Waals surface area contributed by atoms with Gasteiger partial charge >= 0.3 is 0 Å². The minimum absolute atomic E-state index is 0.110. The Bertz CT molecular complexity index is 696. The van der Waals surface area contributed by atoms with Gasteiger partial charge in [0.25, 0.3) is 5.91 Å². The molecule has 0 fully saturated rings. The van der Waals surface area contributed by atoms with E-state index in [0.29, 0.717) is 11.3 Å². The Hall–Kier alpha value is -2.82. The molecule has 22 heavy (non-hydrogen) atoms. The summed E-state index contributed by atoms with van der Waals surface area (Å²) in [6, 6.07) is 12.3. The molecule has 5 nitrogen and oxygen atoms in total. The lowest BCUT2D eigenvalue weighted by molar-refractivity contribution is -0.123. The van der Waals surface area contributed by atoms with E-state index in [9.17, 15) is 9.90 Å². The van der Waals surface area contributed by atoms with Crippen LogP contribution >= 0.6 is 0 Å². The number of phenols is 1. The molecule has 0 saturated carbocycles. The number of ether oxygens (including phenoxy) is 1. The number of hydrogen-bond acceptors (Lipinski definition) is 4. The fourth-order valence-corrected chi connectivity index (χ4v) is 1.92. The molecule has 5 heteroatoms. The highest BCUT2D eigenvalue weighted by Gasteiger charge is 2.04. The van der Waals surface area contributed by atoms with Crippen molar-refractivity contribution in [2.45, 2.75) is 13.8 Å². The predicted molar refractivity (Wildman–Crippen MR) is 85.3 cm³/mol. The van der Waals surface area contributed by atoms with Gasteiger partial charge in [-0.2, -0.15) is 5.10 Å². The monoisotopic (exact) mass is 298 g/mol. The zero-order valence-electron chi connectivity index (χ0n) is 12.5. The fourth-order valence-electron chi connectivity index (χ4n) is 1.92. The van der Waals surface area contributed by atoms with E-state index in [1.165, 1.54) is 6.21 Å². The highest BCUT2D eigenvalue weighted by Crippen LogP contribution is 2.18. The summed E-state index contributed by atoms with van der Waals surface area (Å²) in [5.74, 6) is 0.475. The standard InChI is InChI=1S/C17H18N2O3/c1-12-6-7-16(13(2)8-12)22-11-17(21)19-18-10-14-4-3-5-15(20)9-14/h3-10,20H,11H2,1-2H3,(H,19,21). The van der Waals surface area contributed by atoms with Gasteiger partial charge < -0.3 is 9.84 Å². The third kappa shape index (κ3) is 4.63. The van der Waals surface area contributed by atoms with Gasteiger partial charge in [0.05, 0.1) is 6.21 Å². The van der Waals surface area contributed by atoms with E-state index in [0.717, 1.165) is 11.1 Å². The zero-order valence-corrected chi connectivity index (χ0v) is 12.5. The molecule has 0 atom stereocenters. The Balaban J connectivity index is 1.83. The van der Waals surface area contributed by atoms with Crippen LogP contribution in [0.3, 0.4) is 0 Å². The maximum Gasteiger partial charge on any atom is 0.277 e. The van der Waals surface area contributed by atoms with E-state index in [2.05, 4.69) is 10.5 Å². The molecule has 0 aromatic heterocycles. The van der Waals surface area contributed by atoms with Gasteiger partial charge in [-0.25, -0.2) is 5.43 Å². The van der Waals surface area contributed by atoms with Gasteiger partial charge in [0.1, 0.15) is 11.5 Å². The van der Waals surface area contributed by atoms with Crippen molar-refractivity contribution in [3.63, 3.8) is 0 Å². The van der Waals surface area contributed by atoms with Crippen molar-refractivity contribution in [2.75, 3.05) is 6.61 Å². The number of carbonyl (C=O) groups is 1. The van der Waals surface area contributed by atoms with E-state index in [1.54, 1.807) is 24.3 Å². The summed E-state index contributed by atoms with van der Waals surface area (Å²) in [5, 5.41) is 13.1. The number of hydrazone groups is 1. The summed E-state index contributed by atoms with van der Waals surface area (Å²) in [5.41, 5.74) is 5.19. The van der Waals surface area contributed by atoms with Gasteiger partial charge in [-0.05, 0) is 43.2 Å². The van der Waals surface area contributed by atoms with Crippen LogP contribution in [-0.2, 0) is 4.79 Å². The molecule has 0 aliphatic carbocycles. The van der Waals surface area contributed by atoms with Crippen molar-refractivity contribution >= 4 is 12.1 Å². The van der Waals surface area contributed by atoms with Crippen molar-refractivity contribution in [3.05, 3.63) is 59.2 Å². The lowest BCUT2D eigenvalue weighted by Crippen LogP contribution is -2.24. The van der Waals surface area contributed by atoms with Crippen LogP contribution in [0.25, 0.3) is 0 Å². The summed E-state index contributed by atoms with van der Waals surface area (Å²) < 4.78 is 5.45. The second kappa shape index (κ2) is 7.26. The fraction of sp³-hybridized carbons (Fsp3) is 0.176. The minimum Gasteiger partial charge on any atom is -0.508 e. The lowest BCUT2D eigenvalue weighted by Gasteiger charge is -2.08. The highest BCUT2D eigenvalue weighted by molar-refractivity contribution is 5.83. The molecule has 2 N–H and O–H groups in total. The molecule has 0 heterocycles. The van der Waals surface area contributed by atoms with Gasteiger partial charge in [0.15, 0.2) is 6.61 Å². The second-order valence-electron chi connectivity index (χ2n) is 4.95. The van der Waals surface area contributed by atoms with Gasteiger partial charge in [-0.1, -0.05) is 29.8 Å². The summed E-state index contributed by atoms with van der Waals surface area (Å²) in [6.07, 6.45) is 1.45. The number of aromatic hydroxyl groups is 1. The molecule has 2 aromatic rings. The van der Waals surface area contributed by atoms with Crippen molar-refractivity contribution in [1.82, 2.24) is 5.43 Å². The van der Waals surface area contributed by atoms with Crippen LogP contribution in [-0.4, -0.2) is 23.8 Å². The number of hydrogen-bond donors (Lipinski definition) is 2. The SMILES string of the molecule is Cc1ccc(OCC(=O)NN=Cc2cccc(O)c2)c(C)c1. The van der Waals surface area contributed by atoms with Crippen LogP contribution in [0, 0.1) is 13.8 Å². The molecule has 0 spiro atoms. The Morgan fingerprint density at radius 1 is 1.27 bits per heavy atom. The first-order valence-corrected chi connectivity index (χ1v) is 6.85. The molecule has 0 saturated heterocycles. The maximum atomic E-state index is 11.7. The normalized spacial score (nSPS) is 10.6. The zero-order chi connectivity index (χ0) is 15.9. The van der Waals surface area contributed by atoms with Crippen LogP contribution in [0.1, 0.15) is 16.7 Å². The van der Waals surface area contributed by atoms with Gasteiger partial charge in [0, 0.05) is 0 Å². The third-order valence-corrected chi connectivity index (χ3v) is 2.96. The smallest absolute Gasteiger partial charge is 0.277 e. The number of benzene rings is 2. The van der Waals surface area contributed by atoms with Gasteiger partial charge in [0.2, 0.25) is 0 Å². The Morgan fingerprint density at radius 2 is 2.09 bits per heavy atom. The first-order chi connectivity index (χ1) is 10.5. The highest BCUT2D eigenvalue weighted by atomic mass is 16.5. The second-order valence-corrected chi connectivity index (χ2v) is 4.95. The van der Waals surface area contributed by atoms with Crippen LogP contribution in [0.5, 0.6) is 11.5 Å². The summed E-state index contributed by atoms with van der Waals surface area (Å²) in [6.45, 7) is 3.82. The number of amides is 1. The molecule has 2 rings (SSSR count). The number of carbonyl (C=O) groups excluding carboxylic acids is 1.